The van der Waals surface area contributed by atoms with Crippen molar-refractivity contribution >= 4 is 0 Å². The van der Waals surface area contributed by atoms with Crippen LogP contribution >= 0.6 is 0 Å². The number of nitriles is 1. The van der Waals surface area contributed by atoms with E-state index < -0.39 is 6.10 Å². The number of hydrogen-bond donors (Lipinski definition) is 1. The number of rotatable bonds is 0. The van der Waals surface area contributed by atoms with Gasteiger partial charge < -0.3 is 5.11 Å². The Morgan fingerprint density at radius 3 is 2.31 bits per heavy atom. The minimum atomic E-state index is -0.400. The van der Waals surface area contributed by atoms with Crippen LogP contribution in [-0.2, 0) is 0 Å². The van der Waals surface area contributed by atoms with E-state index >= 15 is 0 Å². The molecule has 3 atom stereocenters. The first-order valence-corrected chi connectivity index (χ1v) is 5.03. The first-order chi connectivity index (χ1) is 5.95. The van der Waals surface area contributed by atoms with Gasteiger partial charge in [-0.05, 0) is 30.6 Å². The van der Waals surface area contributed by atoms with Crippen LogP contribution in [0, 0.1) is 28.6 Å². The molecule has 1 aliphatic carbocycles. The van der Waals surface area contributed by atoms with Gasteiger partial charge in [0, 0.05) is 0 Å². The normalized spacial score (nSPS) is 35.5. The maximum Gasteiger partial charge on any atom is 0.0722 e. The fourth-order valence-electron chi connectivity index (χ4n) is 2.08. The molecule has 0 heterocycles. The van der Waals surface area contributed by atoms with Crippen molar-refractivity contribution in [3.8, 4) is 6.07 Å². The highest BCUT2D eigenvalue weighted by Crippen LogP contribution is 2.39. The van der Waals surface area contributed by atoms with E-state index in [1.165, 1.54) is 0 Å². The second kappa shape index (κ2) is 3.67. The molecule has 1 rings (SSSR count). The molecule has 0 aromatic rings. The largest absolute Gasteiger partial charge is 0.392 e. The van der Waals surface area contributed by atoms with Crippen LogP contribution in [0.4, 0.5) is 0 Å². The van der Waals surface area contributed by atoms with Gasteiger partial charge in [-0.15, -0.1) is 0 Å². The Morgan fingerprint density at radius 1 is 1.31 bits per heavy atom. The summed E-state index contributed by atoms with van der Waals surface area (Å²) in [6.45, 7) is 6.62. The first-order valence-electron chi connectivity index (χ1n) is 5.03. The lowest BCUT2D eigenvalue weighted by Crippen LogP contribution is -2.34. The molecule has 0 amide bonds. The van der Waals surface area contributed by atoms with Crippen LogP contribution in [0.1, 0.15) is 40.0 Å². The molecule has 0 aromatic heterocycles. The minimum absolute atomic E-state index is 0.126. The van der Waals surface area contributed by atoms with Crippen molar-refractivity contribution < 1.29 is 5.11 Å². The molecule has 1 aliphatic rings. The van der Waals surface area contributed by atoms with E-state index in [-0.39, 0.29) is 11.3 Å². The summed E-state index contributed by atoms with van der Waals surface area (Å²) in [6, 6.07) is 2.18. The zero-order valence-electron chi connectivity index (χ0n) is 8.75. The minimum Gasteiger partial charge on any atom is -0.392 e. The fraction of sp³-hybridized carbons (Fsp3) is 0.909. The van der Waals surface area contributed by atoms with Gasteiger partial charge in [-0.1, -0.05) is 20.8 Å². The number of hydrogen-bond acceptors (Lipinski definition) is 2. The molecule has 0 aliphatic heterocycles. The van der Waals surface area contributed by atoms with E-state index in [1.54, 1.807) is 0 Å². The predicted molar refractivity (Wildman–Crippen MR) is 51.9 cm³/mol. The molecule has 0 radical (unpaired) electrons. The zero-order chi connectivity index (χ0) is 10.1. The highest BCUT2D eigenvalue weighted by Gasteiger charge is 2.34. The summed E-state index contributed by atoms with van der Waals surface area (Å²) in [6.07, 6.45) is 2.34. The van der Waals surface area contributed by atoms with Crippen LogP contribution in [0.5, 0.6) is 0 Å². The van der Waals surface area contributed by atoms with Crippen LogP contribution in [0.15, 0.2) is 0 Å². The summed E-state index contributed by atoms with van der Waals surface area (Å²) in [4.78, 5) is 0. The highest BCUT2D eigenvalue weighted by atomic mass is 16.3. The molecule has 3 unspecified atom stereocenters. The van der Waals surface area contributed by atoms with E-state index in [0.717, 1.165) is 19.3 Å². The van der Waals surface area contributed by atoms with Gasteiger partial charge in [-0.25, -0.2) is 0 Å². The maximum absolute atomic E-state index is 9.68. The Labute approximate surface area is 80.6 Å². The molecule has 74 valence electrons. The number of aliphatic hydroxyl groups is 1. The number of aliphatic hydroxyl groups excluding tert-OH is 1. The Bertz CT molecular complexity index is 211. The average Bonchev–Trinajstić information content (AvgIpc) is 2.02. The van der Waals surface area contributed by atoms with E-state index in [2.05, 4.69) is 26.8 Å². The van der Waals surface area contributed by atoms with Crippen molar-refractivity contribution in [3.63, 3.8) is 0 Å². The third-order valence-electron chi connectivity index (χ3n) is 3.21. The highest BCUT2D eigenvalue weighted by molar-refractivity contribution is 4.94. The monoisotopic (exact) mass is 181 g/mol. The van der Waals surface area contributed by atoms with E-state index in [1.807, 2.05) is 0 Å². The predicted octanol–water partition coefficient (Wildman–Crippen LogP) is 2.33. The lowest BCUT2D eigenvalue weighted by molar-refractivity contribution is 0.0328. The molecule has 2 nitrogen and oxygen atoms in total. The van der Waals surface area contributed by atoms with E-state index in [9.17, 15) is 5.11 Å². The maximum atomic E-state index is 9.68. The third-order valence-corrected chi connectivity index (χ3v) is 3.21. The van der Waals surface area contributed by atoms with E-state index in [4.69, 9.17) is 5.26 Å². The summed E-state index contributed by atoms with van der Waals surface area (Å²) in [5.41, 5.74) is 0.265. The van der Waals surface area contributed by atoms with Gasteiger partial charge in [-0.2, -0.15) is 5.26 Å². The molecule has 0 saturated heterocycles. The first kappa shape index (κ1) is 10.5. The topological polar surface area (TPSA) is 44.0 Å². The van der Waals surface area contributed by atoms with Crippen molar-refractivity contribution in [3.05, 3.63) is 0 Å². The summed E-state index contributed by atoms with van der Waals surface area (Å²) >= 11 is 0. The SMILES string of the molecule is CC(C)(C)C1CCC(C#N)C(O)C1. The molecule has 1 fully saturated rings. The van der Waals surface area contributed by atoms with Crippen LogP contribution < -0.4 is 0 Å². The van der Waals surface area contributed by atoms with Crippen molar-refractivity contribution in [2.24, 2.45) is 17.3 Å². The molecule has 13 heavy (non-hydrogen) atoms. The molecular weight excluding hydrogens is 162 g/mol. The van der Waals surface area contributed by atoms with Crippen LogP contribution in [0.3, 0.4) is 0 Å². The van der Waals surface area contributed by atoms with Crippen molar-refractivity contribution in [2.75, 3.05) is 0 Å². The molecule has 1 saturated carbocycles. The van der Waals surface area contributed by atoms with Crippen molar-refractivity contribution in [2.45, 2.75) is 46.1 Å². The van der Waals surface area contributed by atoms with Crippen molar-refractivity contribution in [1.82, 2.24) is 0 Å². The molecule has 0 aromatic carbocycles. The Balaban J connectivity index is 2.57. The third kappa shape index (κ3) is 2.45. The molecular formula is C11H19NO. The average molecular weight is 181 g/mol. The quantitative estimate of drug-likeness (QED) is 0.623. The van der Waals surface area contributed by atoms with Crippen LogP contribution in [0.2, 0.25) is 0 Å². The summed E-state index contributed by atoms with van der Waals surface area (Å²) in [5.74, 6) is 0.436. The molecule has 1 N–H and O–H groups in total. The van der Waals surface area contributed by atoms with Gasteiger partial charge >= 0.3 is 0 Å². The van der Waals surface area contributed by atoms with Crippen molar-refractivity contribution in [1.29, 1.82) is 5.26 Å². The Morgan fingerprint density at radius 2 is 1.92 bits per heavy atom. The molecule has 2 heteroatoms. The lowest BCUT2D eigenvalue weighted by atomic mass is 9.69. The standard InChI is InChI=1S/C11H19NO/c1-11(2,3)9-5-4-8(7-12)10(13)6-9/h8-10,13H,4-6H2,1-3H3. The van der Waals surface area contributed by atoms with Gasteiger partial charge in [0.15, 0.2) is 0 Å². The number of nitrogens with zero attached hydrogens (tertiary/aromatic N) is 1. The van der Waals surface area contributed by atoms with Gasteiger partial charge in [0.25, 0.3) is 0 Å². The van der Waals surface area contributed by atoms with Gasteiger partial charge in [0.1, 0.15) is 0 Å². The Hall–Kier alpha value is -0.550. The van der Waals surface area contributed by atoms with E-state index in [0.29, 0.717) is 5.92 Å². The van der Waals surface area contributed by atoms with Gasteiger partial charge in [0.2, 0.25) is 0 Å². The van der Waals surface area contributed by atoms with Gasteiger partial charge in [-0.3, -0.25) is 0 Å². The zero-order valence-corrected chi connectivity index (χ0v) is 8.75. The Kier molecular flexibility index (Phi) is 2.98. The van der Waals surface area contributed by atoms with Crippen LogP contribution in [-0.4, -0.2) is 11.2 Å². The van der Waals surface area contributed by atoms with Gasteiger partial charge in [0.05, 0.1) is 18.1 Å². The second-order valence-corrected chi connectivity index (χ2v) is 5.18. The lowest BCUT2D eigenvalue weighted by Gasteiger charge is -2.37. The molecule has 0 bridgehead atoms. The summed E-state index contributed by atoms with van der Waals surface area (Å²) in [5, 5.41) is 18.4. The summed E-state index contributed by atoms with van der Waals surface area (Å²) in [7, 11) is 0. The fourth-order valence-corrected chi connectivity index (χ4v) is 2.08. The second-order valence-electron chi connectivity index (χ2n) is 5.18. The smallest absolute Gasteiger partial charge is 0.0722 e. The summed E-state index contributed by atoms with van der Waals surface area (Å²) < 4.78 is 0. The van der Waals surface area contributed by atoms with Crippen LogP contribution in [0.25, 0.3) is 0 Å². The molecule has 0 spiro atoms.